The lowest BCUT2D eigenvalue weighted by molar-refractivity contribution is -0.137. The summed E-state index contributed by atoms with van der Waals surface area (Å²) >= 11 is 0. The molecule has 0 saturated carbocycles. The Bertz CT molecular complexity index is 805. The van der Waals surface area contributed by atoms with Crippen molar-refractivity contribution in [3.63, 3.8) is 0 Å². The molecule has 0 aliphatic carbocycles. The van der Waals surface area contributed by atoms with E-state index in [1.165, 1.54) is 35.5 Å². The number of hydrogen-bond acceptors (Lipinski definition) is 5. The van der Waals surface area contributed by atoms with Gasteiger partial charge in [-0.05, 0) is 45.4 Å². The summed E-state index contributed by atoms with van der Waals surface area (Å²) in [5, 5.41) is 3.35. The van der Waals surface area contributed by atoms with Gasteiger partial charge < -0.3 is 10.2 Å². The molecule has 9 heteroatoms. The number of ketones is 1. The number of halogens is 1. The first-order valence-electron chi connectivity index (χ1n) is 9.42. The fourth-order valence-electron chi connectivity index (χ4n) is 3.77. The third-order valence-corrected chi connectivity index (χ3v) is 7.33. The highest BCUT2D eigenvalue weighted by Gasteiger charge is 2.33. The molecule has 0 aromatic heterocycles. The van der Waals surface area contributed by atoms with Crippen LogP contribution in [0.25, 0.3) is 0 Å². The molecule has 2 aliphatic rings. The molecular weight excluding hydrogens is 402 g/mol. The molecule has 0 spiro atoms. The van der Waals surface area contributed by atoms with E-state index in [0.717, 1.165) is 19.4 Å². The number of piperazine rings is 1. The molecule has 1 N–H and O–H groups in total. The number of sulfonamides is 1. The number of amides is 1. The number of benzene rings is 1. The average molecular weight is 430 g/mol. The average Bonchev–Trinajstić information content (AvgIpc) is 2.67. The highest BCUT2D eigenvalue weighted by molar-refractivity contribution is 7.89. The van der Waals surface area contributed by atoms with E-state index in [0.29, 0.717) is 37.8 Å². The predicted octanol–water partition coefficient (Wildman–Crippen LogP) is 1.53. The molecule has 2 aliphatic heterocycles. The second-order valence-corrected chi connectivity index (χ2v) is 9.32. The van der Waals surface area contributed by atoms with Crippen molar-refractivity contribution < 1.29 is 18.0 Å². The number of nitrogens with zero attached hydrogens (tertiary/aromatic N) is 2. The molecule has 2 fully saturated rings. The van der Waals surface area contributed by atoms with Crippen molar-refractivity contribution in [3.8, 4) is 0 Å². The van der Waals surface area contributed by atoms with E-state index in [1.54, 1.807) is 4.90 Å². The third kappa shape index (κ3) is 4.92. The minimum atomic E-state index is -3.61. The molecule has 7 nitrogen and oxygen atoms in total. The van der Waals surface area contributed by atoms with Crippen LogP contribution >= 0.6 is 12.4 Å². The summed E-state index contributed by atoms with van der Waals surface area (Å²) < 4.78 is 27.1. The maximum Gasteiger partial charge on any atom is 0.243 e. The number of carbonyl (C=O) groups is 2. The molecule has 2 atom stereocenters. The summed E-state index contributed by atoms with van der Waals surface area (Å²) in [6.07, 6.45) is 1.67. The zero-order valence-electron chi connectivity index (χ0n) is 16.3. The Morgan fingerprint density at radius 3 is 2.21 bits per heavy atom. The smallest absolute Gasteiger partial charge is 0.243 e. The highest BCUT2D eigenvalue weighted by atomic mass is 35.5. The van der Waals surface area contributed by atoms with Crippen LogP contribution < -0.4 is 5.32 Å². The van der Waals surface area contributed by atoms with Crippen LogP contribution in [0, 0.1) is 5.92 Å². The van der Waals surface area contributed by atoms with Crippen LogP contribution in [-0.2, 0) is 14.8 Å². The van der Waals surface area contributed by atoms with E-state index in [2.05, 4.69) is 12.2 Å². The SMILES string of the molecule is CC(=O)c1ccc(S(=O)(=O)N2CCN(C(=O)[C@H]3CCN[C@@H](C)C3)CC2)cc1.Cl. The van der Waals surface area contributed by atoms with Crippen LogP contribution in [0.4, 0.5) is 0 Å². The monoisotopic (exact) mass is 429 g/mol. The lowest BCUT2D eigenvalue weighted by atomic mass is 9.92. The van der Waals surface area contributed by atoms with Crippen LogP contribution in [0.1, 0.15) is 37.0 Å². The Morgan fingerprint density at radius 2 is 1.68 bits per heavy atom. The van der Waals surface area contributed by atoms with Crippen molar-refractivity contribution >= 4 is 34.1 Å². The summed E-state index contributed by atoms with van der Waals surface area (Å²) in [6.45, 7) is 5.81. The van der Waals surface area contributed by atoms with Crippen molar-refractivity contribution in [1.82, 2.24) is 14.5 Å². The van der Waals surface area contributed by atoms with E-state index < -0.39 is 10.0 Å². The first-order chi connectivity index (χ1) is 12.8. The molecule has 28 heavy (non-hydrogen) atoms. The molecule has 0 bridgehead atoms. The Balaban J connectivity index is 0.00000280. The Hall–Kier alpha value is -1.48. The first-order valence-corrected chi connectivity index (χ1v) is 10.9. The van der Waals surface area contributed by atoms with E-state index in [1.807, 2.05) is 0 Å². The molecule has 3 rings (SSSR count). The Labute approximate surface area is 172 Å². The van der Waals surface area contributed by atoms with Crippen LogP contribution in [0.3, 0.4) is 0 Å². The molecule has 2 heterocycles. The van der Waals surface area contributed by atoms with Gasteiger partial charge in [0, 0.05) is 43.7 Å². The molecular formula is C19H28ClN3O4S. The van der Waals surface area contributed by atoms with Gasteiger partial charge in [-0.1, -0.05) is 12.1 Å². The first kappa shape index (κ1) is 22.8. The van der Waals surface area contributed by atoms with E-state index >= 15 is 0 Å². The van der Waals surface area contributed by atoms with E-state index in [9.17, 15) is 18.0 Å². The molecule has 0 radical (unpaired) electrons. The summed E-state index contributed by atoms with van der Waals surface area (Å²) in [4.78, 5) is 26.1. The quantitative estimate of drug-likeness (QED) is 0.733. The van der Waals surface area contributed by atoms with Gasteiger partial charge in [-0.25, -0.2) is 8.42 Å². The number of nitrogens with one attached hydrogen (secondary N) is 1. The summed E-state index contributed by atoms with van der Waals surface area (Å²) in [5.41, 5.74) is 0.487. The van der Waals surface area contributed by atoms with Crippen LogP contribution in [-0.4, -0.2) is 68.1 Å². The van der Waals surface area contributed by atoms with Crippen molar-refractivity contribution in [1.29, 1.82) is 0 Å². The highest BCUT2D eigenvalue weighted by Crippen LogP contribution is 2.22. The molecule has 1 amide bonds. The van der Waals surface area contributed by atoms with Gasteiger partial charge in [-0.2, -0.15) is 4.31 Å². The van der Waals surface area contributed by atoms with Crippen LogP contribution in [0.15, 0.2) is 29.2 Å². The molecule has 156 valence electrons. The van der Waals surface area contributed by atoms with Gasteiger partial charge in [0.25, 0.3) is 0 Å². The normalized spacial score (nSPS) is 23.7. The van der Waals surface area contributed by atoms with Crippen LogP contribution in [0.2, 0.25) is 0 Å². The topological polar surface area (TPSA) is 86.8 Å². The van der Waals surface area contributed by atoms with Gasteiger partial charge in [-0.15, -0.1) is 12.4 Å². The van der Waals surface area contributed by atoms with E-state index in [4.69, 9.17) is 0 Å². The fraction of sp³-hybridized carbons (Fsp3) is 0.579. The van der Waals surface area contributed by atoms with Crippen molar-refractivity contribution in [2.45, 2.75) is 37.6 Å². The number of Topliss-reactive ketones (excluding diaryl/α,β-unsaturated/α-hetero) is 1. The van der Waals surface area contributed by atoms with Gasteiger partial charge in [0.05, 0.1) is 4.90 Å². The zero-order valence-corrected chi connectivity index (χ0v) is 17.9. The summed E-state index contributed by atoms with van der Waals surface area (Å²) in [6, 6.07) is 6.35. The maximum atomic E-state index is 12.8. The standard InChI is InChI=1S/C19H27N3O4S.ClH/c1-14-13-17(7-8-20-14)19(24)21-9-11-22(12-10-21)27(25,26)18-5-3-16(4-6-18)15(2)23;/h3-6,14,17,20H,7-13H2,1-2H3;1H/t14-,17-;/m0./s1. The zero-order chi connectivity index (χ0) is 19.6. The fourth-order valence-corrected chi connectivity index (χ4v) is 5.20. The van der Waals surface area contributed by atoms with Gasteiger partial charge in [-0.3, -0.25) is 9.59 Å². The summed E-state index contributed by atoms with van der Waals surface area (Å²) in [7, 11) is -3.61. The largest absolute Gasteiger partial charge is 0.340 e. The van der Waals surface area contributed by atoms with Crippen molar-refractivity contribution in [2.75, 3.05) is 32.7 Å². The predicted molar refractivity (Wildman–Crippen MR) is 109 cm³/mol. The van der Waals surface area contributed by atoms with E-state index in [-0.39, 0.29) is 34.9 Å². The van der Waals surface area contributed by atoms with Gasteiger partial charge in [0.1, 0.15) is 0 Å². The van der Waals surface area contributed by atoms with Crippen molar-refractivity contribution in [3.05, 3.63) is 29.8 Å². The Kier molecular flexibility index (Phi) is 7.61. The number of rotatable bonds is 4. The third-order valence-electron chi connectivity index (χ3n) is 5.42. The van der Waals surface area contributed by atoms with Gasteiger partial charge in [0.2, 0.25) is 15.9 Å². The minimum absolute atomic E-state index is 0. The van der Waals surface area contributed by atoms with Crippen LogP contribution in [0.5, 0.6) is 0 Å². The second kappa shape index (κ2) is 9.35. The number of carbonyl (C=O) groups excluding carboxylic acids is 2. The summed E-state index contributed by atoms with van der Waals surface area (Å²) in [5.74, 6) is 0.0769. The second-order valence-electron chi connectivity index (χ2n) is 7.39. The number of hydrogen-bond donors (Lipinski definition) is 1. The van der Waals surface area contributed by atoms with Gasteiger partial charge in [0.15, 0.2) is 5.78 Å². The Morgan fingerprint density at radius 1 is 1.07 bits per heavy atom. The minimum Gasteiger partial charge on any atom is -0.340 e. The molecule has 1 aromatic rings. The number of piperidine rings is 1. The lowest BCUT2D eigenvalue weighted by Gasteiger charge is -2.37. The molecule has 2 saturated heterocycles. The lowest BCUT2D eigenvalue weighted by Crippen LogP contribution is -2.53. The van der Waals surface area contributed by atoms with Crippen molar-refractivity contribution in [2.24, 2.45) is 5.92 Å². The molecule has 0 unspecified atom stereocenters. The maximum absolute atomic E-state index is 12.8. The van der Waals surface area contributed by atoms with Gasteiger partial charge >= 0.3 is 0 Å². The molecule has 1 aromatic carbocycles.